The van der Waals surface area contributed by atoms with Gasteiger partial charge in [0.2, 0.25) is 0 Å². The molecule has 1 aliphatic heterocycles. The van der Waals surface area contributed by atoms with Gasteiger partial charge in [0.1, 0.15) is 0 Å². The first-order valence-electron chi connectivity index (χ1n) is 8.59. The maximum atomic E-state index is 13.2. The highest BCUT2D eigenvalue weighted by molar-refractivity contribution is 5.97. The van der Waals surface area contributed by atoms with Gasteiger partial charge in [-0.2, -0.15) is 5.10 Å². The Balaban J connectivity index is 1.52. The van der Waals surface area contributed by atoms with Gasteiger partial charge in [-0.15, -0.1) is 0 Å². The molecule has 0 spiro atoms. The molecule has 5 rings (SSSR count). The monoisotopic (exact) mass is 343 g/mol. The lowest BCUT2D eigenvalue weighted by molar-refractivity contribution is 0.0706. The summed E-state index contributed by atoms with van der Waals surface area (Å²) in [7, 11) is 0. The molecule has 0 saturated heterocycles. The number of nitrogens with one attached hydrogen (secondary N) is 1. The van der Waals surface area contributed by atoms with E-state index in [-0.39, 0.29) is 11.9 Å². The SMILES string of the molecule is O=C(c1ccc2nc[nH]c2c1)N1Cc2ccccc2[C@H](n2cccn2)C1. The molecule has 3 heterocycles. The molecule has 0 aliphatic carbocycles. The van der Waals surface area contributed by atoms with E-state index in [1.54, 1.807) is 12.5 Å². The third kappa shape index (κ3) is 2.38. The summed E-state index contributed by atoms with van der Waals surface area (Å²) < 4.78 is 1.93. The van der Waals surface area contributed by atoms with Gasteiger partial charge in [-0.1, -0.05) is 24.3 Å². The van der Waals surface area contributed by atoms with Crippen molar-refractivity contribution in [3.05, 3.63) is 83.9 Å². The van der Waals surface area contributed by atoms with Crippen molar-refractivity contribution in [3.8, 4) is 0 Å². The number of amides is 1. The van der Waals surface area contributed by atoms with Crippen molar-refractivity contribution in [3.63, 3.8) is 0 Å². The summed E-state index contributed by atoms with van der Waals surface area (Å²) in [5, 5.41) is 4.40. The lowest BCUT2D eigenvalue weighted by atomic mass is 9.95. The van der Waals surface area contributed by atoms with Crippen LogP contribution < -0.4 is 0 Å². The summed E-state index contributed by atoms with van der Waals surface area (Å²) in [6.07, 6.45) is 5.37. The van der Waals surface area contributed by atoms with E-state index in [0.29, 0.717) is 18.7 Å². The van der Waals surface area contributed by atoms with Crippen LogP contribution in [0.3, 0.4) is 0 Å². The van der Waals surface area contributed by atoms with E-state index in [9.17, 15) is 4.79 Å². The lowest BCUT2D eigenvalue weighted by Gasteiger charge is -2.35. The molecule has 1 amide bonds. The summed E-state index contributed by atoms with van der Waals surface area (Å²) in [5.74, 6) is 0.0214. The molecule has 128 valence electrons. The third-order valence-corrected chi connectivity index (χ3v) is 4.97. The minimum atomic E-state index is 0.0214. The zero-order valence-corrected chi connectivity index (χ0v) is 14.0. The van der Waals surface area contributed by atoms with Crippen LogP contribution in [-0.4, -0.2) is 37.1 Å². The molecule has 0 fully saturated rings. The third-order valence-electron chi connectivity index (χ3n) is 4.97. The molecule has 6 heteroatoms. The van der Waals surface area contributed by atoms with Gasteiger partial charge < -0.3 is 9.88 Å². The van der Waals surface area contributed by atoms with Gasteiger partial charge in [0.05, 0.1) is 23.4 Å². The average molecular weight is 343 g/mol. The Bertz CT molecular complexity index is 1080. The number of carbonyl (C=O) groups excluding carboxylic acids is 1. The van der Waals surface area contributed by atoms with Crippen molar-refractivity contribution in [1.29, 1.82) is 0 Å². The smallest absolute Gasteiger partial charge is 0.254 e. The maximum absolute atomic E-state index is 13.2. The van der Waals surface area contributed by atoms with Crippen LogP contribution in [0.2, 0.25) is 0 Å². The predicted octanol–water partition coefficient (Wildman–Crippen LogP) is 3.00. The Morgan fingerprint density at radius 3 is 2.96 bits per heavy atom. The Kier molecular flexibility index (Phi) is 3.35. The maximum Gasteiger partial charge on any atom is 0.254 e. The fourth-order valence-electron chi connectivity index (χ4n) is 3.68. The first-order valence-corrected chi connectivity index (χ1v) is 8.59. The molecule has 0 bridgehead atoms. The molecule has 26 heavy (non-hydrogen) atoms. The number of H-pyrrole nitrogens is 1. The van der Waals surface area contributed by atoms with Crippen molar-refractivity contribution in [2.75, 3.05) is 6.54 Å². The van der Waals surface area contributed by atoms with Crippen molar-refractivity contribution in [1.82, 2.24) is 24.6 Å². The number of imidazole rings is 1. The average Bonchev–Trinajstić information content (AvgIpc) is 3.37. The van der Waals surface area contributed by atoms with Crippen molar-refractivity contribution in [2.45, 2.75) is 12.6 Å². The van der Waals surface area contributed by atoms with E-state index >= 15 is 0 Å². The number of benzene rings is 2. The topological polar surface area (TPSA) is 66.8 Å². The summed E-state index contributed by atoms with van der Waals surface area (Å²) in [6, 6.07) is 15.8. The number of rotatable bonds is 2. The predicted molar refractivity (Wildman–Crippen MR) is 97.6 cm³/mol. The summed E-state index contributed by atoms with van der Waals surface area (Å²) >= 11 is 0. The van der Waals surface area contributed by atoms with Gasteiger partial charge in [-0.3, -0.25) is 9.48 Å². The van der Waals surface area contributed by atoms with E-state index in [4.69, 9.17) is 0 Å². The second-order valence-electron chi connectivity index (χ2n) is 6.52. The fraction of sp³-hybridized carbons (Fsp3) is 0.150. The standard InChI is InChI=1S/C20H17N5O/c26-20(14-6-7-17-18(10-14)22-13-21-17)24-11-15-4-1-2-5-16(15)19(12-24)25-9-3-8-23-25/h1-10,13,19H,11-12H2,(H,21,22)/t19-/m1/s1. The van der Waals surface area contributed by atoms with Crippen LogP contribution in [0.25, 0.3) is 11.0 Å². The Morgan fingerprint density at radius 1 is 1.15 bits per heavy atom. The molecule has 1 atom stereocenters. The number of fused-ring (bicyclic) bond motifs is 2. The highest BCUT2D eigenvalue weighted by Gasteiger charge is 2.30. The number of hydrogen-bond acceptors (Lipinski definition) is 3. The molecular weight excluding hydrogens is 326 g/mol. The molecule has 0 radical (unpaired) electrons. The second-order valence-corrected chi connectivity index (χ2v) is 6.52. The molecule has 6 nitrogen and oxygen atoms in total. The number of aromatic nitrogens is 4. The van der Waals surface area contributed by atoms with Gasteiger partial charge in [-0.05, 0) is 35.4 Å². The van der Waals surface area contributed by atoms with Gasteiger partial charge in [0, 0.05) is 31.0 Å². The number of nitrogens with zero attached hydrogens (tertiary/aromatic N) is 4. The second kappa shape index (κ2) is 5.84. The molecular formula is C20H17N5O. The Hall–Kier alpha value is -3.41. The number of carbonyl (C=O) groups is 1. The van der Waals surface area contributed by atoms with Crippen molar-refractivity contribution >= 4 is 16.9 Å². The molecule has 0 saturated carbocycles. The van der Waals surface area contributed by atoms with Gasteiger partial charge in [0.15, 0.2) is 0 Å². The lowest BCUT2D eigenvalue weighted by Crippen LogP contribution is -2.40. The molecule has 4 aromatic rings. The first kappa shape index (κ1) is 14.9. The van der Waals surface area contributed by atoms with Crippen LogP contribution >= 0.6 is 0 Å². The van der Waals surface area contributed by atoms with Crippen LogP contribution in [0.1, 0.15) is 27.5 Å². The zero-order valence-electron chi connectivity index (χ0n) is 14.0. The van der Waals surface area contributed by atoms with E-state index in [1.807, 2.05) is 52.2 Å². The zero-order chi connectivity index (χ0) is 17.5. The molecule has 2 aromatic carbocycles. The van der Waals surface area contributed by atoms with E-state index in [0.717, 1.165) is 16.6 Å². The largest absolute Gasteiger partial charge is 0.345 e. The number of aromatic amines is 1. The Labute approximate surface area is 150 Å². The van der Waals surface area contributed by atoms with Gasteiger partial charge >= 0.3 is 0 Å². The molecule has 2 aromatic heterocycles. The highest BCUT2D eigenvalue weighted by atomic mass is 16.2. The first-order chi connectivity index (χ1) is 12.8. The van der Waals surface area contributed by atoms with Crippen LogP contribution in [0.4, 0.5) is 0 Å². The van der Waals surface area contributed by atoms with Crippen molar-refractivity contribution in [2.24, 2.45) is 0 Å². The van der Waals surface area contributed by atoms with E-state index in [2.05, 4.69) is 27.2 Å². The van der Waals surface area contributed by atoms with E-state index in [1.165, 1.54) is 5.56 Å². The minimum Gasteiger partial charge on any atom is -0.345 e. The Morgan fingerprint density at radius 2 is 2.08 bits per heavy atom. The van der Waals surface area contributed by atoms with Crippen molar-refractivity contribution < 1.29 is 4.79 Å². The molecule has 0 unspecified atom stereocenters. The molecule has 1 aliphatic rings. The van der Waals surface area contributed by atoms with Crippen LogP contribution in [0, 0.1) is 0 Å². The van der Waals surface area contributed by atoms with Crippen LogP contribution in [-0.2, 0) is 6.54 Å². The quantitative estimate of drug-likeness (QED) is 0.608. The van der Waals surface area contributed by atoms with Crippen LogP contribution in [0.15, 0.2) is 67.3 Å². The molecule has 1 N–H and O–H groups in total. The highest BCUT2D eigenvalue weighted by Crippen LogP contribution is 2.30. The fourth-order valence-corrected chi connectivity index (χ4v) is 3.68. The normalized spacial score (nSPS) is 16.6. The van der Waals surface area contributed by atoms with E-state index < -0.39 is 0 Å². The van der Waals surface area contributed by atoms with Gasteiger partial charge in [-0.25, -0.2) is 4.98 Å². The minimum absolute atomic E-state index is 0.0214. The summed E-state index contributed by atoms with van der Waals surface area (Å²) in [6.45, 7) is 1.20. The number of hydrogen-bond donors (Lipinski definition) is 1. The van der Waals surface area contributed by atoms with Gasteiger partial charge in [0.25, 0.3) is 5.91 Å². The summed E-state index contributed by atoms with van der Waals surface area (Å²) in [4.78, 5) is 22.3. The summed E-state index contributed by atoms with van der Waals surface area (Å²) in [5.41, 5.74) is 4.79. The van der Waals surface area contributed by atoms with Crippen LogP contribution in [0.5, 0.6) is 0 Å².